The average molecular weight is 340 g/mol. The maximum atomic E-state index is 5.24. The van der Waals surface area contributed by atoms with Crippen molar-refractivity contribution >= 4 is 27.3 Å². The molecule has 0 aliphatic rings. The lowest BCUT2D eigenvalue weighted by atomic mass is 10.3. The molecule has 0 radical (unpaired) electrons. The molecule has 0 aliphatic carbocycles. The van der Waals surface area contributed by atoms with Gasteiger partial charge in [-0.25, -0.2) is 0 Å². The molecule has 0 saturated carbocycles. The largest absolute Gasteiger partial charge is 0.361 e. The monoisotopic (exact) mass is 339 g/mol. The minimum Gasteiger partial charge on any atom is -0.361 e. The Hall–Kier alpha value is -1.47. The van der Waals surface area contributed by atoms with Gasteiger partial charge in [-0.15, -0.1) is 11.3 Å². The fraction of sp³-hybridized carbons (Fsp3) is 0.250. The number of hydrogen-bond donors (Lipinski definition) is 0. The van der Waals surface area contributed by atoms with E-state index < -0.39 is 0 Å². The molecule has 19 heavy (non-hydrogen) atoms. The van der Waals surface area contributed by atoms with Crippen molar-refractivity contribution in [2.24, 2.45) is 0 Å². The van der Waals surface area contributed by atoms with E-state index in [4.69, 9.17) is 9.05 Å². The first-order chi connectivity index (χ1) is 9.11. The minimum atomic E-state index is 0.478. The van der Waals surface area contributed by atoms with Crippen LogP contribution >= 0.6 is 27.3 Å². The van der Waals surface area contributed by atoms with Crippen molar-refractivity contribution < 1.29 is 9.05 Å². The van der Waals surface area contributed by atoms with Gasteiger partial charge in [0.1, 0.15) is 5.76 Å². The zero-order valence-electron chi connectivity index (χ0n) is 10.3. The van der Waals surface area contributed by atoms with Crippen LogP contribution in [0.5, 0.6) is 0 Å². The number of thiophene rings is 1. The number of nitrogens with zero attached hydrogens (tertiary/aromatic N) is 3. The van der Waals surface area contributed by atoms with E-state index in [2.05, 4.69) is 31.2 Å². The molecule has 0 spiro atoms. The van der Waals surface area contributed by atoms with Crippen molar-refractivity contribution in [2.75, 3.05) is 0 Å². The fourth-order valence-corrected chi connectivity index (χ4v) is 3.46. The van der Waals surface area contributed by atoms with Gasteiger partial charge in [0.05, 0.1) is 17.0 Å². The Morgan fingerprint density at radius 2 is 2.05 bits per heavy atom. The summed E-state index contributed by atoms with van der Waals surface area (Å²) >= 11 is 5.12. The second kappa shape index (κ2) is 4.90. The summed E-state index contributed by atoms with van der Waals surface area (Å²) in [6.07, 6.45) is 0.478. The van der Waals surface area contributed by atoms with Gasteiger partial charge in [0.2, 0.25) is 11.7 Å². The molecule has 0 aromatic carbocycles. The van der Waals surface area contributed by atoms with Crippen LogP contribution in [-0.4, -0.2) is 15.3 Å². The highest BCUT2D eigenvalue weighted by atomic mass is 79.9. The summed E-state index contributed by atoms with van der Waals surface area (Å²) in [6, 6.07) is 3.89. The first-order valence-corrected chi connectivity index (χ1v) is 7.24. The Morgan fingerprint density at radius 1 is 1.21 bits per heavy atom. The molecule has 0 N–H and O–H groups in total. The van der Waals surface area contributed by atoms with Gasteiger partial charge in [0.25, 0.3) is 0 Å². The minimum absolute atomic E-state index is 0.478. The second-order valence-corrected chi connectivity index (χ2v) is 6.26. The van der Waals surface area contributed by atoms with Gasteiger partial charge in [-0.3, -0.25) is 0 Å². The van der Waals surface area contributed by atoms with Crippen LogP contribution < -0.4 is 0 Å². The van der Waals surface area contributed by atoms with Crippen LogP contribution in [0.4, 0.5) is 0 Å². The van der Waals surface area contributed by atoms with Gasteiger partial charge in [-0.05, 0) is 35.8 Å². The lowest BCUT2D eigenvalue weighted by molar-refractivity contribution is 0.371. The first-order valence-electron chi connectivity index (χ1n) is 5.63. The van der Waals surface area contributed by atoms with E-state index in [-0.39, 0.29) is 0 Å². The molecule has 3 rings (SSSR count). The molecule has 3 aromatic heterocycles. The molecule has 5 nitrogen and oxygen atoms in total. The van der Waals surface area contributed by atoms with Crippen LogP contribution in [0.3, 0.4) is 0 Å². The summed E-state index contributed by atoms with van der Waals surface area (Å²) in [5.74, 6) is 1.90. The summed E-state index contributed by atoms with van der Waals surface area (Å²) < 4.78 is 11.2. The fourth-order valence-electron chi connectivity index (χ4n) is 1.71. The molecule has 98 valence electrons. The van der Waals surface area contributed by atoms with Crippen molar-refractivity contribution in [1.82, 2.24) is 15.3 Å². The first kappa shape index (κ1) is 12.6. The Bertz CT molecular complexity index is 716. The predicted octanol–water partition coefficient (Wildman–Crippen LogP) is 3.76. The summed E-state index contributed by atoms with van der Waals surface area (Å²) in [4.78, 5) is 6.55. The van der Waals surface area contributed by atoms with Crippen LogP contribution in [0, 0.1) is 13.8 Å². The van der Waals surface area contributed by atoms with Gasteiger partial charge in [0.15, 0.2) is 0 Å². The van der Waals surface area contributed by atoms with Crippen molar-refractivity contribution in [3.8, 4) is 10.7 Å². The summed E-state index contributed by atoms with van der Waals surface area (Å²) in [6.45, 7) is 3.89. The summed E-state index contributed by atoms with van der Waals surface area (Å²) in [7, 11) is 0. The zero-order chi connectivity index (χ0) is 13.4. The van der Waals surface area contributed by atoms with Gasteiger partial charge in [0, 0.05) is 15.4 Å². The van der Waals surface area contributed by atoms with Crippen LogP contribution in [0.1, 0.15) is 22.2 Å². The Labute approximate surface area is 121 Å². The lowest BCUT2D eigenvalue weighted by Gasteiger charge is -1.87. The maximum absolute atomic E-state index is 5.24. The quantitative estimate of drug-likeness (QED) is 0.726. The molecule has 0 unspecified atom stereocenters. The smallest absolute Gasteiger partial charge is 0.233 e. The van der Waals surface area contributed by atoms with Crippen molar-refractivity contribution in [3.63, 3.8) is 0 Å². The molecule has 3 aromatic rings. The van der Waals surface area contributed by atoms with E-state index in [0.717, 1.165) is 20.8 Å². The molecule has 0 amide bonds. The number of aromatic nitrogens is 3. The molecular weight excluding hydrogens is 330 g/mol. The topological polar surface area (TPSA) is 65.0 Å². The maximum Gasteiger partial charge on any atom is 0.233 e. The predicted molar refractivity (Wildman–Crippen MR) is 74.1 cm³/mol. The molecule has 3 heterocycles. The third-order valence-corrected chi connectivity index (χ3v) is 4.42. The number of halogens is 1. The highest BCUT2D eigenvalue weighted by Crippen LogP contribution is 2.34. The highest BCUT2D eigenvalue weighted by Gasteiger charge is 2.15. The van der Waals surface area contributed by atoms with E-state index in [0.29, 0.717) is 18.1 Å². The molecule has 0 fully saturated rings. The molecule has 7 heteroatoms. The Morgan fingerprint density at radius 3 is 2.68 bits per heavy atom. The molecule has 0 atom stereocenters. The van der Waals surface area contributed by atoms with Crippen molar-refractivity contribution in [2.45, 2.75) is 20.3 Å². The molecular formula is C12H10BrN3O2S. The molecule has 0 saturated heterocycles. The molecule has 0 bridgehead atoms. The van der Waals surface area contributed by atoms with Crippen LogP contribution in [-0.2, 0) is 6.42 Å². The number of aryl methyl sites for hydroxylation is 2. The Balaban J connectivity index is 1.85. The van der Waals surface area contributed by atoms with E-state index in [1.54, 1.807) is 11.3 Å². The number of hydrogen-bond acceptors (Lipinski definition) is 6. The van der Waals surface area contributed by atoms with Gasteiger partial charge < -0.3 is 9.05 Å². The Kier molecular flexibility index (Phi) is 3.24. The van der Waals surface area contributed by atoms with E-state index in [1.807, 2.05) is 26.0 Å². The average Bonchev–Trinajstić information content (AvgIpc) is 3.02. The zero-order valence-corrected chi connectivity index (χ0v) is 12.7. The van der Waals surface area contributed by atoms with E-state index in [1.165, 1.54) is 4.88 Å². The van der Waals surface area contributed by atoms with E-state index in [9.17, 15) is 0 Å². The normalized spacial score (nSPS) is 11.1. The standard InChI is InChI=1S/C12H10BrN3O2S/c1-6-3-8(15-17-6)5-10-14-12(16-18-10)11-9(13)4-7(2)19-11/h3-4H,5H2,1-2H3. The summed E-state index contributed by atoms with van der Waals surface area (Å²) in [5.41, 5.74) is 0.786. The van der Waals surface area contributed by atoms with Crippen LogP contribution in [0.2, 0.25) is 0 Å². The van der Waals surface area contributed by atoms with E-state index >= 15 is 0 Å². The third-order valence-electron chi connectivity index (χ3n) is 2.49. The SMILES string of the molecule is Cc1cc(Cc2nc(-c3sc(C)cc3Br)no2)no1. The summed E-state index contributed by atoms with van der Waals surface area (Å²) in [5, 5.41) is 7.90. The van der Waals surface area contributed by atoms with Crippen LogP contribution in [0.15, 0.2) is 25.7 Å². The van der Waals surface area contributed by atoms with Crippen LogP contribution in [0.25, 0.3) is 10.7 Å². The molecule has 0 aliphatic heterocycles. The van der Waals surface area contributed by atoms with Crippen molar-refractivity contribution in [1.29, 1.82) is 0 Å². The lowest BCUT2D eigenvalue weighted by Crippen LogP contribution is -1.88. The van der Waals surface area contributed by atoms with Gasteiger partial charge in [-0.1, -0.05) is 10.3 Å². The van der Waals surface area contributed by atoms with Gasteiger partial charge >= 0.3 is 0 Å². The van der Waals surface area contributed by atoms with Gasteiger partial charge in [-0.2, -0.15) is 4.98 Å². The third kappa shape index (κ3) is 2.62. The number of rotatable bonds is 3. The highest BCUT2D eigenvalue weighted by molar-refractivity contribution is 9.10. The van der Waals surface area contributed by atoms with Crippen molar-refractivity contribution in [3.05, 3.63) is 38.8 Å². The second-order valence-electron chi connectivity index (χ2n) is 4.15.